The van der Waals surface area contributed by atoms with Crippen molar-refractivity contribution >= 4 is 10.0 Å². The van der Waals surface area contributed by atoms with Crippen molar-refractivity contribution in [3.8, 4) is 0 Å². The van der Waals surface area contributed by atoms with Gasteiger partial charge in [0, 0.05) is 33.2 Å². The molecule has 2 rings (SSSR count). The molecule has 23 heavy (non-hydrogen) atoms. The van der Waals surface area contributed by atoms with Crippen molar-refractivity contribution in [3.05, 3.63) is 29.8 Å². The first-order chi connectivity index (χ1) is 10.9. The van der Waals surface area contributed by atoms with Crippen molar-refractivity contribution in [3.63, 3.8) is 0 Å². The van der Waals surface area contributed by atoms with Crippen LogP contribution in [0.2, 0.25) is 0 Å². The van der Waals surface area contributed by atoms with Gasteiger partial charge < -0.3 is 5.11 Å². The third-order valence-corrected chi connectivity index (χ3v) is 6.35. The lowest BCUT2D eigenvalue weighted by molar-refractivity contribution is 0.117. The van der Waals surface area contributed by atoms with Gasteiger partial charge in [-0.05, 0) is 30.5 Å². The highest BCUT2D eigenvalue weighted by Gasteiger charge is 2.22. The molecule has 0 atom stereocenters. The molecule has 130 valence electrons. The molecule has 0 aliphatic heterocycles. The van der Waals surface area contributed by atoms with Crippen LogP contribution in [0.15, 0.2) is 29.2 Å². The Morgan fingerprint density at radius 1 is 1.17 bits per heavy atom. The van der Waals surface area contributed by atoms with E-state index in [0.29, 0.717) is 24.0 Å². The van der Waals surface area contributed by atoms with Gasteiger partial charge in [-0.2, -0.15) is 0 Å². The highest BCUT2D eigenvalue weighted by molar-refractivity contribution is 7.89. The summed E-state index contributed by atoms with van der Waals surface area (Å²) in [4.78, 5) is 2.62. The molecule has 0 heterocycles. The van der Waals surface area contributed by atoms with E-state index in [1.54, 1.807) is 32.3 Å². The quantitative estimate of drug-likeness (QED) is 0.825. The van der Waals surface area contributed by atoms with Gasteiger partial charge in [-0.15, -0.1) is 0 Å². The maximum Gasteiger partial charge on any atom is 0.242 e. The Hall–Kier alpha value is -0.950. The van der Waals surface area contributed by atoms with Crippen molar-refractivity contribution in [1.29, 1.82) is 0 Å². The molecule has 5 nitrogen and oxygen atoms in total. The van der Waals surface area contributed by atoms with Crippen LogP contribution in [0.1, 0.15) is 37.7 Å². The van der Waals surface area contributed by atoms with Crippen molar-refractivity contribution in [2.24, 2.45) is 0 Å². The Morgan fingerprint density at radius 3 is 2.48 bits per heavy atom. The summed E-state index contributed by atoms with van der Waals surface area (Å²) in [5.41, 5.74) is 0.979. The van der Waals surface area contributed by atoms with Crippen LogP contribution in [-0.2, 0) is 16.6 Å². The number of rotatable bonds is 7. The van der Waals surface area contributed by atoms with Crippen molar-refractivity contribution in [1.82, 2.24) is 9.21 Å². The van der Waals surface area contributed by atoms with Crippen molar-refractivity contribution in [2.45, 2.75) is 49.6 Å². The number of nitrogens with zero attached hydrogens (tertiary/aromatic N) is 2. The molecule has 1 aliphatic carbocycles. The first kappa shape index (κ1) is 18.4. The maximum absolute atomic E-state index is 12.3. The Balaban J connectivity index is 2.16. The predicted octanol–water partition coefficient (Wildman–Crippen LogP) is 2.06. The normalized spacial score (nSPS) is 17.1. The Kier molecular flexibility index (Phi) is 6.59. The number of hydrogen-bond donors (Lipinski definition) is 1. The minimum absolute atomic E-state index is 0.131. The number of benzene rings is 1. The van der Waals surface area contributed by atoms with E-state index in [0.717, 1.165) is 18.4 Å². The third-order valence-electron chi connectivity index (χ3n) is 4.54. The van der Waals surface area contributed by atoms with Crippen LogP contribution in [0.5, 0.6) is 0 Å². The molecule has 0 bridgehead atoms. The first-order valence-electron chi connectivity index (χ1n) is 8.31. The minimum Gasteiger partial charge on any atom is -0.395 e. The first-order valence-corrected chi connectivity index (χ1v) is 9.75. The van der Waals surface area contributed by atoms with Crippen LogP contribution < -0.4 is 0 Å². The van der Waals surface area contributed by atoms with E-state index < -0.39 is 10.0 Å². The molecule has 1 aromatic rings. The van der Waals surface area contributed by atoms with Crippen molar-refractivity contribution in [2.75, 3.05) is 27.2 Å². The molecule has 0 unspecified atom stereocenters. The van der Waals surface area contributed by atoms with Gasteiger partial charge in [0.25, 0.3) is 0 Å². The molecule has 0 radical (unpaired) electrons. The molecule has 1 saturated carbocycles. The monoisotopic (exact) mass is 340 g/mol. The van der Waals surface area contributed by atoms with E-state index in [1.807, 2.05) is 6.07 Å². The second-order valence-electron chi connectivity index (χ2n) is 6.42. The van der Waals surface area contributed by atoms with Gasteiger partial charge >= 0.3 is 0 Å². The molecule has 6 heteroatoms. The van der Waals surface area contributed by atoms with E-state index in [4.69, 9.17) is 0 Å². The highest BCUT2D eigenvalue weighted by Crippen LogP contribution is 2.24. The Bertz CT molecular complexity index is 596. The van der Waals surface area contributed by atoms with Gasteiger partial charge in [-0.3, -0.25) is 4.90 Å². The van der Waals surface area contributed by atoms with Crippen molar-refractivity contribution < 1.29 is 13.5 Å². The van der Waals surface area contributed by atoms with Crippen LogP contribution in [0.4, 0.5) is 0 Å². The van der Waals surface area contributed by atoms with E-state index in [-0.39, 0.29) is 6.61 Å². The van der Waals surface area contributed by atoms with Crippen LogP contribution in [0.25, 0.3) is 0 Å². The lowest BCUT2D eigenvalue weighted by Gasteiger charge is -2.34. The molecule has 1 fully saturated rings. The Morgan fingerprint density at radius 2 is 1.87 bits per heavy atom. The van der Waals surface area contributed by atoms with Gasteiger partial charge in [0.15, 0.2) is 0 Å². The number of aliphatic hydroxyl groups is 1. The smallest absolute Gasteiger partial charge is 0.242 e. The molecule has 1 aromatic carbocycles. The summed E-state index contributed by atoms with van der Waals surface area (Å²) in [6.07, 6.45) is 6.09. The zero-order valence-electron chi connectivity index (χ0n) is 14.1. The maximum atomic E-state index is 12.3. The minimum atomic E-state index is -3.41. The molecule has 1 aliphatic rings. The van der Waals surface area contributed by atoms with E-state index >= 15 is 0 Å². The van der Waals surface area contributed by atoms with Crippen LogP contribution >= 0.6 is 0 Å². The summed E-state index contributed by atoms with van der Waals surface area (Å²) in [5.74, 6) is 0. The summed E-state index contributed by atoms with van der Waals surface area (Å²) >= 11 is 0. The average molecular weight is 340 g/mol. The van der Waals surface area contributed by atoms with Crippen LogP contribution in [0, 0.1) is 0 Å². The fourth-order valence-corrected chi connectivity index (χ4v) is 4.19. The summed E-state index contributed by atoms with van der Waals surface area (Å²) in [6.45, 7) is 1.45. The van der Waals surface area contributed by atoms with E-state index in [2.05, 4.69) is 4.90 Å². The van der Waals surface area contributed by atoms with Crippen LogP contribution in [-0.4, -0.2) is 56.0 Å². The standard InChI is InChI=1S/C17H28N2O3S/c1-18(2)23(21,22)17-10-6-7-15(13-17)14-19(11-12-20)16-8-4-3-5-9-16/h6-7,10,13,16,20H,3-5,8-9,11-12,14H2,1-2H3. The third kappa shape index (κ3) is 4.76. The summed E-state index contributed by atoms with van der Waals surface area (Å²) < 4.78 is 25.8. The summed E-state index contributed by atoms with van der Waals surface area (Å²) in [6, 6.07) is 7.63. The fourth-order valence-electron chi connectivity index (χ4n) is 3.21. The highest BCUT2D eigenvalue weighted by atomic mass is 32.2. The van der Waals surface area contributed by atoms with Gasteiger partial charge in [0.1, 0.15) is 0 Å². The molecule has 0 spiro atoms. The lowest BCUT2D eigenvalue weighted by Crippen LogP contribution is -2.38. The lowest BCUT2D eigenvalue weighted by atomic mass is 9.94. The average Bonchev–Trinajstić information content (AvgIpc) is 2.55. The molecule has 1 N–H and O–H groups in total. The molecule has 0 aromatic heterocycles. The molecule has 0 saturated heterocycles. The number of aliphatic hydroxyl groups excluding tert-OH is 1. The van der Waals surface area contributed by atoms with Gasteiger partial charge in [-0.25, -0.2) is 12.7 Å². The van der Waals surface area contributed by atoms with Gasteiger partial charge in [0.05, 0.1) is 11.5 Å². The fraction of sp³-hybridized carbons (Fsp3) is 0.647. The SMILES string of the molecule is CN(C)S(=O)(=O)c1cccc(CN(CCO)C2CCCCC2)c1. The zero-order valence-corrected chi connectivity index (χ0v) is 14.9. The van der Waals surface area contributed by atoms with Gasteiger partial charge in [0.2, 0.25) is 10.0 Å². The predicted molar refractivity (Wildman–Crippen MR) is 91.7 cm³/mol. The second kappa shape index (κ2) is 8.24. The summed E-state index contributed by atoms with van der Waals surface area (Å²) in [5, 5.41) is 9.36. The molecule has 0 amide bonds. The number of sulfonamides is 1. The van der Waals surface area contributed by atoms with E-state index in [9.17, 15) is 13.5 Å². The van der Waals surface area contributed by atoms with Crippen LogP contribution in [0.3, 0.4) is 0 Å². The summed E-state index contributed by atoms with van der Waals surface area (Å²) in [7, 11) is -0.319. The Labute approximate surface area is 140 Å². The number of hydrogen-bond acceptors (Lipinski definition) is 4. The zero-order chi connectivity index (χ0) is 16.9. The second-order valence-corrected chi connectivity index (χ2v) is 8.57. The molecular weight excluding hydrogens is 312 g/mol. The topological polar surface area (TPSA) is 60.9 Å². The van der Waals surface area contributed by atoms with E-state index in [1.165, 1.54) is 23.6 Å². The largest absolute Gasteiger partial charge is 0.395 e. The van der Waals surface area contributed by atoms with Gasteiger partial charge in [-0.1, -0.05) is 31.4 Å². The molecular formula is C17H28N2O3S.